The molecule has 1 saturated heterocycles. The Kier molecular flexibility index (Phi) is 4.65. The molecule has 1 atom stereocenters. The Bertz CT molecular complexity index is 744. The lowest BCUT2D eigenvalue weighted by molar-refractivity contribution is -0.274. The number of hydrogen-bond acceptors (Lipinski definition) is 2. The molecule has 1 heterocycles. The molecular formula is C20H24F3N2O+. The van der Waals surface area contributed by atoms with E-state index >= 15 is 0 Å². The number of benzene rings is 2. The molecule has 0 aromatic heterocycles. The van der Waals surface area contributed by atoms with Crippen molar-refractivity contribution < 1.29 is 17.9 Å². The van der Waals surface area contributed by atoms with Gasteiger partial charge in [0, 0.05) is 29.8 Å². The molecule has 3 rings (SSSR count). The highest BCUT2D eigenvalue weighted by molar-refractivity contribution is 5.52. The molecule has 0 spiro atoms. The molecule has 0 aliphatic carbocycles. The summed E-state index contributed by atoms with van der Waals surface area (Å²) in [5, 5.41) is 0. The van der Waals surface area contributed by atoms with Crippen molar-refractivity contribution in [1.29, 1.82) is 0 Å². The predicted molar refractivity (Wildman–Crippen MR) is 98.1 cm³/mol. The first-order valence-electron chi connectivity index (χ1n) is 8.57. The molecule has 0 radical (unpaired) electrons. The van der Waals surface area contributed by atoms with Gasteiger partial charge in [-0.2, -0.15) is 0 Å². The van der Waals surface area contributed by atoms with Crippen LogP contribution in [0.2, 0.25) is 0 Å². The summed E-state index contributed by atoms with van der Waals surface area (Å²) >= 11 is 0. The van der Waals surface area contributed by atoms with Gasteiger partial charge in [-0.1, -0.05) is 32.0 Å². The van der Waals surface area contributed by atoms with Gasteiger partial charge in [-0.3, -0.25) is 4.48 Å². The van der Waals surface area contributed by atoms with Crippen LogP contribution in [0.4, 0.5) is 24.5 Å². The summed E-state index contributed by atoms with van der Waals surface area (Å²) in [5.41, 5.74) is 2.18. The number of anilines is 1. The van der Waals surface area contributed by atoms with Crippen LogP contribution in [0.25, 0.3) is 0 Å². The first kappa shape index (κ1) is 18.6. The van der Waals surface area contributed by atoms with E-state index in [1.807, 2.05) is 18.2 Å². The molecule has 2 aromatic carbocycles. The molecule has 140 valence electrons. The van der Waals surface area contributed by atoms with Crippen molar-refractivity contribution in [2.45, 2.75) is 20.2 Å². The second-order valence-electron chi connectivity index (χ2n) is 7.93. The Morgan fingerprint density at radius 1 is 1.00 bits per heavy atom. The van der Waals surface area contributed by atoms with Crippen LogP contribution in [-0.4, -0.2) is 33.2 Å². The third-order valence-corrected chi connectivity index (χ3v) is 4.69. The number of hydrogen-bond donors (Lipinski definition) is 0. The zero-order chi connectivity index (χ0) is 19.0. The lowest BCUT2D eigenvalue weighted by atomic mass is 9.88. The zero-order valence-corrected chi connectivity index (χ0v) is 15.3. The maximum absolute atomic E-state index is 12.4. The van der Waals surface area contributed by atoms with Crippen molar-refractivity contribution in [3.63, 3.8) is 0 Å². The summed E-state index contributed by atoms with van der Waals surface area (Å²) in [5.74, 6) is -0.191. The van der Waals surface area contributed by atoms with Gasteiger partial charge in [-0.25, -0.2) is 0 Å². The molecule has 6 heteroatoms. The normalized spacial score (nSPS) is 22.9. The van der Waals surface area contributed by atoms with Gasteiger partial charge in [0.2, 0.25) is 0 Å². The van der Waals surface area contributed by atoms with Crippen molar-refractivity contribution in [3.8, 4) is 5.75 Å². The SMILES string of the molecule is CC1(C)CN(c2ccccc2)C[N+](C)(c2ccc(OC(F)(F)F)cc2)C1. The van der Waals surface area contributed by atoms with E-state index in [0.717, 1.165) is 31.1 Å². The Balaban J connectivity index is 1.87. The highest BCUT2D eigenvalue weighted by Gasteiger charge is 2.42. The van der Waals surface area contributed by atoms with E-state index in [1.165, 1.54) is 12.1 Å². The topological polar surface area (TPSA) is 12.5 Å². The molecule has 3 nitrogen and oxygen atoms in total. The van der Waals surface area contributed by atoms with E-state index in [2.05, 4.69) is 42.7 Å². The molecule has 2 aromatic rings. The summed E-state index contributed by atoms with van der Waals surface area (Å²) in [4.78, 5) is 2.34. The van der Waals surface area contributed by atoms with Crippen LogP contribution >= 0.6 is 0 Å². The average molecular weight is 365 g/mol. The van der Waals surface area contributed by atoms with Crippen LogP contribution in [0.5, 0.6) is 5.75 Å². The number of halogens is 3. The standard InChI is InChI=1S/C20H24F3N2O/c1-19(2)13-24(16-7-5-4-6-8-16)15-25(3,14-19)17-9-11-18(12-10-17)26-20(21,22)23/h4-12H,13-15H2,1-3H3/q+1. The summed E-state index contributed by atoms with van der Waals surface area (Å²) in [6, 6.07) is 16.4. The van der Waals surface area contributed by atoms with Crippen molar-refractivity contribution in [1.82, 2.24) is 4.48 Å². The highest BCUT2D eigenvalue weighted by Crippen LogP contribution is 2.36. The molecular weight excluding hydrogens is 341 g/mol. The minimum atomic E-state index is -4.67. The Morgan fingerprint density at radius 2 is 1.62 bits per heavy atom. The monoisotopic (exact) mass is 365 g/mol. The van der Waals surface area contributed by atoms with E-state index in [1.54, 1.807) is 12.1 Å². The Morgan fingerprint density at radius 3 is 2.19 bits per heavy atom. The first-order chi connectivity index (χ1) is 12.1. The van der Waals surface area contributed by atoms with E-state index in [4.69, 9.17) is 0 Å². The lowest BCUT2D eigenvalue weighted by Gasteiger charge is -2.50. The maximum Gasteiger partial charge on any atom is 0.573 e. The van der Waals surface area contributed by atoms with Crippen LogP contribution in [0.1, 0.15) is 13.8 Å². The molecule has 1 fully saturated rings. The summed E-state index contributed by atoms with van der Waals surface area (Å²) in [6.07, 6.45) is -4.67. The molecule has 26 heavy (non-hydrogen) atoms. The predicted octanol–water partition coefficient (Wildman–Crippen LogP) is 5.03. The highest BCUT2D eigenvalue weighted by atomic mass is 19.4. The van der Waals surface area contributed by atoms with Gasteiger partial charge in [0.1, 0.15) is 11.4 Å². The van der Waals surface area contributed by atoms with Crippen molar-refractivity contribution >= 4 is 11.4 Å². The summed E-state index contributed by atoms with van der Waals surface area (Å²) in [7, 11) is 2.12. The number of alkyl halides is 3. The average Bonchev–Trinajstić information content (AvgIpc) is 2.53. The molecule has 0 amide bonds. The lowest BCUT2D eigenvalue weighted by Crippen LogP contribution is -2.64. The van der Waals surface area contributed by atoms with Crippen LogP contribution in [0, 0.1) is 5.41 Å². The van der Waals surface area contributed by atoms with Gasteiger partial charge in [-0.05, 0) is 24.3 Å². The quantitative estimate of drug-likeness (QED) is 0.708. The fourth-order valence-electron chi connectivity index (χ4n) is 3.98. The van der Waals surface area contributed by atoms with E-state index in [0.29, 0.717) is 4.48 Å². The molecule has 1 aliphatic heterocycles. The van der Waals surface area contributed by atoms with Gasteiger partial charge in [0.15, 0.2) is 6.67 Å². The van der Waals surface area contributed by atoms with Crippen LogP contribution in [-0.2, 0) is 0 Å². The molecule has 0 N–H and O–H groups in total. The third kappa shape index (κ3) is 4.30. The molecule has 0 bridgehead atoms. The van der Waals surface area contributed by atoms with Crippen LogP contribution in [0.15, 0.2) is 54.6 Å². The molecule has 1 unspecified atom stereocenters. The maximum atomic E-state index is 12.4. The Hall–Kier alpha value is -2.21. The van der Waals surface area contributed by atoms with Crippen molar-refractivity contribution in [2.75, 3.05) is 31.7 Å². The van der Waals surface area contributed by atoms with Gasteiger partial charge < -0.3 is 9.64 Å². The third-order valence-electron chi connectivity index (χ3n) is 4.69. The largest absolute Gasteiger partial charge is 0.573 e. The van der Waals surface area contributed by atoms with Crippen molar-refractivity contribution in [2.24, 2.45) is 5.41 Å². The van der Waals surface area contributed by atoms with Crippen LogP contribution in [0.3, 0.4) is 0 Å². The van der Waals surface area contributed by atoms with Gasteiger partial charge in [0.05, 0.1) is 13.6 Å². The summed E-state index contributed by atoms with van der Waals surface area (Å²) in [6.45, 7) is 7.03. The minimum Gasteiger partial charge on any atom is -0.406 e. The fraction of sp³-hybridized carbons (Fsp3) is 0.400. The first-order valence-corrected chi connectivity index (χ1v) is 8.57. The summed E-state index contributed by atoms with van der Waals surface area (Å²) < 4.78 is 41.7. The van der Waals surface area contributed by atoms with Crippen molar-refractivity contribution in [3.05, 3.63) is 54.6 Å². The number of nitrogens with zero attached hydrogens (tertiary/aromatic N) is 2. The van der Waals surface area contributed by atoms with Gasteiger partial charge in [0.25, 0.3) is 0 Å². The number of ether oxygens (including phenoxy) is 1. The smallest absolute Gasteiger partial charge is 0.406 e. The minimum absolute atomic E-state index is 0.0595. The Labute approximate surface area is 152 Å². The fourth-order valence-corrected chi connectivity index (χ4v) is 3.98. The van der Waals surface area contributed by atoms with E-state index in [-0.39, 0.29) is 11.2 Å². The number of rotatable bonds is 3. The molecule has 1 aliphatic rings. The number of para-hydroxylation sites is 1. The van der Waals surface area contributed by atoms with Gasteiger partial charge >= 0.3 is 6.36 Å². The van der Waals surface area contributed by atoms with Crippen LogP contribution < -0.4 is 14.1 Å². The molecule has 0 saturated carbocycles. The van der Waals surface area contributed by atoms with Gasteiger partial charge in [-0.15, -0.1) is 13.2 Å². The second kappa shape index (κ2) is 6.50. The van der Waals surface area contributed by atoms with E-state index < -0.39 is 6.36 Å². The van der Waals surface area contributed by atoms with E-state index in [9.17, 15) is 13.2 Å². The zero-order valence-electron chi connectivity index (χ0n) is 15.3. The number of quaternary nitrogens is 1. The second-order valence-corrected chi connectivity index (χ2v) is 7.93.